The van der Waals surface area contributed by atoms with Crippen molar-refractivity contribution < 1.29 is 24.1 Å². The summed E-state index contributed by atoms with van der Waals surface area (Å²) in [7, 11) is 4.50. The van der Waals surface area contributed by atoms with Gasteiger partial charge in [-0.05, 0) is 24.6 Å². The maximum absolute atomic E-state index is 11.0. The van der Waals surface area contributed by atoms with E-state index in [9.17, 15) is 9.90 Å². The molecule has 0 fully saturated rings. The fraction of sp³-hybridized carbons (Fsp3) is 0.462. The molecule has 0 aromatic heterocycles. The molecule has 18 heavy (non-hydrogen) atoms. The fourth-order valence-electron chi connectivity index (χ4n) is 1.68. The summed E-state index contributed by atoms with van der Waals surface area (Å²) in [5.41, 5.74) is 0.555. The molecule has 1 rings (SSSR count). The SMILES string of the molecule is COc1cc([C@@H](O)CC(C)=O)cc(OC)c1OC. The molecule has 1 aromatic carbocycles. The maximum Gasteiger partial charge on any atom is 0.203 e. The lowest BCUT2D eigenvalue weighted by atomic mass is 10.0. The Bertz CT molecular complexity index is 402. The first-order chi connectivity index (χ1) is 8.53. The number of hydrogen-bond donors (Lipinski definition) is 1. The van der Waals surface area contributed by atoms with Crippen LogP contribution in [-0.2, 0) is 4.79 Å². The Morgan fingerprint density at radius 1 is 1.17 bits per heavy atom. The summed E-state index contributed by atoms with van der Waals surface area (Å²) in [5, 5.41) is 9.92. The predicted molar refractivity (Wildman–Crippen MR) is 66.4 cm³/mol. The summed E-state index contributed by atoms with van der Waals surface area (Å²) in [6.07, 6.45) is -0.824. The van der Waals surface area contributed by atoms with Crippen LogP contribution in [0.2, 0.25) is 0 Å². The van der Waals surface area contributed by atoms with Gasteiger partial charge in [-0.15, -0.1) is 0 Å². The highest BCUT2D eigenvalue weighted by atomic mass is 16.5. The third-order valence-electron chi connectivity index (χ3n) is 2.55. The molecule has 0 spiro atoms. The summed E-state index contributed by atoms with van der Waals surface area (Å²) < 4.78 is 15.5. The van der Waals surface area contributed by atoms with Crippen LogP contribution in [0.25, 0.3) is 0 Å². The van der Waals surface area contributed by atoms with E-state index in [4.69, 9.17) is 14.2 Å². The van der Waals surface area contributed by atoms with Crippen molar-refractivity contribution in [3.63, 3.8) is 0 Å². The molecule has 0 radical (unpaired) electrons. The Kier molecular flexibility index (Phi) is 4.97. The molecule has 5 nitrogen and oxygen atoms in total. The van der Waals surface area contributed by atoms with E-state index in [0.29, 0.717) is 22.8 Å². The van der Waals surface area contributed by atoms with E-state index < -0.39 is 6.10 Å². The first-order valence-corrected chi connectivity index (χ1v) is 5.50. The number of carbonyl (C=O) groups is 1. The molecule has 0 aliphatic carbocycles. The number of carbonyl (C=O) groups excluding carboxylic acids is 1. The fourth-order valence-corrected chi connectivity index (χ4v) is 1.68. The third-order valence-corrected chi connectivity index (χ3v) is 2.55. The molecule has 0 saturated carbocycles. The first kappa shape index (κ1) is 14.3. The molecule has 0 bridgehead atoms. The van der Waals surface area contributed by atoms with Gasteiger partial charge in [0, 0.05) is 6.42 Å². The summed E-state index contributed by atoms with van der Waals surface area (Å²) >= 11 is 0. The first-order valence-electron chi connectivity index (χ1n) is 5.50. The number of Topliss-reactive ketones (excluding diaryl/α,β-unsaturated/α-hetero) is 1. The van der Waals surface area contributed by atoms with Crippen LogP contribution in [0.3, 0.4) is 0 Å². The van der Waals surface area contributed by atoms with Gasteiger partial charge in [0.25, 0.3) is 0 Å². The van der Waals surface area contributed by atoms with Crippen molar-refractivity contribution in [3.05, 3.63) is 17.7 Å². The average Bonchev–Trinajstić information content (AvgIpc) is 2.35. The van der Waals surface area contributed by atoms with E-state index in [2.05, 4.69) is 0 Å². The monoisotopic (exact) mass is 254 g/mol. The average molecular weight is 254 g/mol. The Balaban J connectivity index is 3.18. The lowest BCUT2D eigenvalue weighted by Crippen LogP contribution is -2.05. The highest BCUT2D eigenvalue weighted by Gasteiger charge is 2.18. The zero-order valence-corrected chi connectivity index (χ0v) is 11.0. The van der Waals surface area contributed by atoms with Gasteiger partial charge in [0.2, 0.25) is 5.75 Å². The standard InChI is InChI=1S/C13H18O5/c1-8(14)5-10(15)9-6-11(16-2)13(18-4)12(7-9)17-3/h6-7,10,15H,5H2,1-4H3/t10-/m0/s1. The van der Waals surface area contributed by atoms with Crippen LogP contribution >= 0.6 is 0 Å². The largest absolute Gasteiger partial charge is 0.493 e. The number of aliphatic hydroxyl groups is 1. The molecule has 1 N–H and O–H groups in total. The number of hydrogen-bond acceptors (Lipinski definition) is 5. The topological polar surface area (TPSA) is 65.0 Å². The van der Waals surface area contributed by atoms with Crippen LogP contribution in [0, 0.1) is 0 Å². The van der Waals surface area contributed by atoms with E-state index in [1.165, 1.54) is 28.3 Å². The van der Waals surface area contributed by atoms with Crippen molar-refractivity contribution in [2.45, 2.75) is 19.4 Å². The van der Waals surface area contributed by atoms with Crippen molar-refractivity contribution in [2.75, 3.05) is 21.3 Å². The molecule has 0 amide bonds. The Hall–Kier alpha value is -1.75. The van der Waals surface area contributed by atoms with Crippen molar-refractivity contribution >= 4 is 5.78 Å². The second-order valence-corrected chi connectivity index (χ2v) is 3.88. The molecule has 1 aromatic rings. The predicted octanol–water partition coefficient (Wildman–Crippen LogP) is 1.72. The Morgan fingerprint density at radius 3 is 2.00 bits per heavy atom. The molecule has 0 saturated heterocycles. The van der Waals surface area contributed by atoms with Gasteiger partial charge in [-0.25, -0.2) is 0 Å². The maximum atomic E-state index is 11.0. The minimum atomic E-state index is -0.879. The Labute approximate surface area is 106 Å². The molecule has 1 atom stereocenters. The van der Waals surface area contributed by atoms with Gasteiger partial charge < -0.3 is 19.3 Å². The van der Waals surface area contributed by atoms with Crippen molar-refractivity contribution in [1.82, 2.24) is 0 Å². The van der Waals surface area contributed by atoms with E-state index in [0.717, 1.165) is 0 Å². The molecular formula is C13H18O5. The molecule has 0 unspecified atom stereocenters. The number of aliphatic hydroxyl groups excluding tert-OH is 1. The van der Waals surface area contributed by atoms with Gasteiger partial charge >= 0.3 is 0 Å². The molecule has 0 aliphatic heterocycles. The molecule has 0 heterocycles. The quantitative estimate of drug-likeness (QED) is 0.837. The van der Waals surface area contributed by atoms with Crippen LogP contribution in [0.5, 0.6) is 17.2 Å². The van der Waals surface area contributed by atoms with E-state index in [1.807, 2.05) is 0 Å². The molecule has 5 heteroatoms. The van der Waals surface area contributed by atoms with Crippen LogP contribution in [0.15, 0.2) is 12.1 Å². The van der Waals surface area contributed by atoms with Gasteiger partial charge in [0.1, 0.15) is 5.78 Å². The van der Waals surface area contributed by atoms with Crippen LogP contribution < -0.4 is 14.2 Å². The second-order valence-electron chi connectivity index (χ2n) is 3.88. The minimum Gasteiger partial charge on any atom is -0.493 e. The number of ether oxygens (including phenoxy) is 3. The lowest BCUT2D eigenvalue weighted by molar-refractivity contribution is -0.118. The third kappa shape index (κ3) is 3.13. The molecule has 100 valence electrons. The minimum absolute atomic E-state index is 0.0542. The highest BCUT2D eigenvalue weighted by molar-refractivity contribution is 5.76. The number of benzene rings is 1. The Morgan fingerprint density at radius 2 is 1.67 bits per heavy atom. The lowest BCUT2D eigenvalue weighted by Gasteiger charge is -2.16. The van der Waals surface area contributed by atoms with Crippen molar-refractivity contribution in [3.8, 4) is 17.2 Å². The van der Waals surface area contributed by atoms with E-state index >= 15 is 0 Å². The summed E-state index contributed by atoms with van der Waals surface area (Å²) in [5.74, 6) is 1.28. The second kappa shape index (κ2) is 6.26. The van der Waals surface area contributed by atoms with E-state index in [-0.39, 0.29) is 12.2 Å². The summed E-state index contributed by atoms with van der Waals surface area (Å²) in [6.45, 7) is 1.43. The smallest absolute Gasteiger partial charge is 0.203 e. The normalized spacial score (nSPS) is 11.8. The zero-order valence-electron chi connectivity index (χ0n) is 11.0. The van der Waals surface area contributed by atoms with E-state index in [1.54, 1.807) is 12.1 Å². The van der Waals surface area contributed by atoms with Crippen LogP contribution in [0.1, 0.15) is 25.0 Å². The van der Waals surface area contributed by atoms with Crippen molar-refractivity contribution in [1.29, 1.82) is 0 Å². The summed E-state index contributed by atoms with van der Waals surface area (Å²) in [6, 6.07) is 3.27. The van der Waals surface area contributed by atoms with Gasteiger partial charge in [-0.3, -0.25) is 4.79 Å². The zero-order chi connectivity index (χ0) is 13.7. The number of rotatable bonds is 6. The van der Waals surface area contributed by atoms with Crippen LogP contribution in [0.4, 0.5) is 0 Å². The highest BCUT2D eigenvalue weighted by Crippen LogP contribution is 2.40. The number of ketones is 1. The number of methoxy groups -OCH3 is 3. The van der Waals surface area contributed by atoms with Gasteiger partial charge in [0.05, 0.1) is 27.4 Å². The summed E-state index contributed by atoms with van der Waals surface area (Å²) in [4.78, 5) is 11.0. The van der Waals surface area contributed by atoms with Gasteiger partial charge in [-0.1, -0.05) is 0 Å². The molecular weight excluding hydrogens is 236 g/mol. The van der Waals surface area contributed by atoms with Gasteiger partial charge in [-0.2, -0.15) is 0 Å². The van der Waals surface area contributed by atoms with Crippen LogP contribution in [-0.4, -0.2) is 32.2 Å². The van der Waals surface area contributed by atoms with Gasteiger partial charge in [0.15, 0.2) is 11.5 Å². The molecule has 0 aliphatic rings. The van der Waals surface area contributed by atoms with Crippen molar-refractivity contribution in [2.24, 2.45) is 0 Å².